The van der Waals surface area contributed by atoms with E-state index in [9.17, 15) is 17.2 Å². The Balaban J connectivity index is 1.92. The fraction of sp³-hybridized carbons (Fsp3) is 0.600. The van der Waals surface area contributed by atoms with Crippen LogP contribution in [-0.4, -0.2) is 31.6 Å². The summed E-state index contributed by atoms with van der Waals surface area (Å²) >= 11 is 0. The molecule has 0 aromatic heterocycles. The molecule has 0 spiro atoms. The van der Waals surface area contributed by atoms with Gasteiger partial charge in [0.15, 0.2) is 11.6 Å². The van der Waals surface area contributed by atoms with Crippen LogP contribution in [-0.2, 0) is 16.4 Å². The zero-order valence-corrected chi connectivity index (χ0v) is 13.0. The molecule has 0 amide bonds. The molecule has 3 nitrogen and oxygen atoms in total. The Morgan fingerprint density at radius 3 is 2.71 bits per heavy atom. The van der Waals surface area contributed by atoms with E-state index in [0.29, 0.717) is 19.5 Å². The van der Waals surface area contributed by atoms with Crippen LogP contribution in [0.15, 0.2) is 18.2 Å². The van der Waals surface area contributed by atoms with Crippen LogP contribution in [0.3, 0.4) is 0 Å². The summed E-state index contributed by atoms with van der Waals surface area (Å²) in [7, 11) is -3.13. The molecule has 1 aromatic carbocycles. The summed E-state index contributed by atoms with van der Waals surface area (Å²) in [6.07, 6.45) is 3.28. The number of piperidine rings is 1. The van der Waals surface area contributed by atoms with Gasteiger partial charge in [-0.15, -0.1) is 0 Å². The molecule has 0 unspecified atom stereocenters. The molecule has 6 heteroatoms. The van der Waals surface area contributed by atoms with Crippen molar-refractivity contribution in [2.45, 2.75) is 32.6 Å². The van der Waals surface area contributed by atoms with E-state index in [1.807, 2.05) is 0 Å². The lowest BCUT2D eigenvalue weighted by molar-refractivity contribution is 0.256. The first kappa shape index (κ1) is 16.4. The van der Waals surface area contributed by atoms with E-state index >= 15 is 0 Å². The Morgan fingerprint density at radius 2 is 2.05 bits per heavy atom. The first-order chi connectivity index (χ1) is 9.92. The SMILES string of the molecule is CCS(=O)(=O)N1CCC[C@H](CCc2ccc(F)c(F)c2)C1. The van der Waals surface area contributed by atoms with Crippen LogP contribution in [0.25, 0.3) is 0 Å². The molecule has 1 aliphatic heterocycles. The molecular weight excluding hydrogens is 296 g/mol. The smallest absolute Gasteiger partial charge is 0.212 e. The third-order valence-corrected chi connectivity index (χ3v) is 5.91. The zero-order chi connectivity index (χ0) is 15.5. The second-order valence-corrected chi connectivity index (χ2v) is 7.81. The topological polar surface area (TPSA) is 37.4 Å². The van der Waals surface area contributed by atoms with Crippen molar-refractivity contribution in [3.8, 4) is 0 Å². The van der Waals surface area contributed by atoms with Gasteiger partial charge in [0, 0.05) is 13.1 Å². The fourth-order valence-corrected chi connectivity index (χ4v) is 3.97. The molecule has 1 aliphatic rings. The number of hydrogen-bond donors (Lipinski definition) is 0. The van der Waals surface area contributed by atoms with E-state index in [2.05, 4.69) is 0 Å². The first-order valence-corrected chi connectivity index (χ1v) is 8.95. The summed E-state index contributed by atoms with van der Waals surface area (Å²) in [6, 6.07) is 3.94. The van der Waals surface area contributed by atoms with Crippen molar-refractivity contribution in [1.82, 2.24) is 4.31 Å². The van der Waals surface area contributed by atoms with Crippen LogP contribution in [0.5, 0.6) is 0 Å². The number of benzene rings is 1. The molecule has 0 aliphatic carbocycles. The molecule has 1 heterocycles. The standard InChI is InChI=1S/C15H21F2NO2S/c1-2-21(19,20)18-9-3-4-13(11-18)6-5-12-7-8-14(16)15(17)10-12/h7-8,10,13H,2-6,9,11H2,1H3/t13-/m1/s1. The second kappa shape index (κ2) is 6.83. The maximum absolute atomic E-state index is 13.1. The van der Waals surface area contributed by atoms with Crippen LogP contribution in [0.4, 0.5) is 8.78 Å². The summed E-state index contributed by atoms with van der Waals surface area (Å²) in [6.45, 7) is 2.79. The van der Waals surface area contributed by atoms with E-state index in [0.717, 1.165) is 30.9 Å². The minimum Gasteiger partial charge on any atom is -0.212 e. The van der Waals surface area contributed by atoms with Gasteiger partial charge >= 0.3 is 0 Å². The second-order valence-electron chi connectivity index (χ2n) is 5.55. The molecule has 1 saturated heterocycles. The molecule has 1 atom stereocenters. The number of aryl methyl sites for hydroxylation is 1. The molecule has 0 bridgehead atoms. The van der Waals surface area contributed by atoms with Crippen LogP contribution in [0.1, 0.15) is 31.7 Å². The van der Waals surface area contributed by atoms with Crippen molar-refractivity contribution in [3.63, 3.8) is 0 Å². The number of nitrogens with zero attached hydrogens (tertiary/aromatic N) is 1. The largest absolute Gasteiger partial charge is 0.213 e. The number of hydrogen-bond acceptors (Lipinski definition) is 2. The lowest BCUT2D eigenvalue weighted by Gasteiger charge is -2.31. The molecular formula is C15H21F2NO2S. The van der Waals surface area contributed by atoms with Gasteiger partial charge in [0.05, 0.1) is 5.75 Å². The summed E-state index contributed by atoms with van der Waals surface area (Å²) in [5, 5.41) is 0. The van der Waals surface area contributed by atoms with Crippen molar-refractivity contribution in [2.75, 3.05) is 18.8 Å². The van der Waals surface area contributed by atoms with E-state index in [1.165, 1.54) is 6.07 Å². The Hall–Kier alpha value is -1.01. The third kappa shape index (κ3) is 4.23. The highest BCUT2D eigenvalue weighted by Gasteiger charge is 2.27. The molecule has 2 rings (SSSR count). The Labute approximate surface area is 125 Å². The van der Waals surface area contributed by atoms with Gasteiger partial charge in [0.25, 0.3) is 0 Å². The molecule has 118 valence electrons. The zero-order valence-electron chi connectivity index (χ0n) is 12.2. The fourth-order valence-electron chi connectivity index (χ4n) is 2.76. The Bertz CT molecular complexity index is 589. The summed E-state index contributed by atoms with van der Waals surface area (Å²) in [4.78, 5) is 0. The van der Waals surface area contributed by atoms with Gasteiger partial charge in [-0.3, -0.25) is 0 Å². The minimum absolute atomic E-state index is 0.128. The lowest BCUT2D eigenvalue weighted by atomic mass is 9.93. The van der Waals surface area contributed by atoms with E-state index in [1.54, 1.807) is 17.3 Å². The third-order valence-electron chi connectivity index (χ3n) is 4.07. The van der Waals surface area contributed by atoms with Crippen LogP contribution < -0.4 is 0 Å². The number of halogens is 2. The average Bonchev–Trinajstić information content (AvgIpc) is 2.49. The van der Waals surface area contributed by atoms with Crippen LogP contribution in [0.2, 0.25) is 0 Å². The summed E-state index contributed by atoms with van der Waals surface area (Å²) in [5.41, 5.74) is 0.754. The predicted octanol–water partition coefficient (Wildman–Crippen LogP) is 2.96. The van der Waals surface area contributed by atoms with Gasteiger partial charge in [0.1, 0.15) is 0 Å². The number of sulfonamides is 1. The Kier molecular flexibility index (Phi) is 5.32. The van der Waals surface area contributed by atoms with Gasteiger partial charge in [-0.25, -0.2) is 21.5 Å². The predicted molar refractivity (Wildman–Crippen MR) is 78.4 cm³/mol. The molecule has 21 heavy (non-hydrogen) atoms. The highest BCUT2D eigenvalue weighted by atomic mass is 32.2. The summed E-state index contributed by atoms with van der Waals surface area (Å²) in [5.74, 6) is -1.25. The molecule has 1 fully saturated rings. The van der Waals surface area contributed by atoms with Crippen molar-refractivity contribution in [1.29, 1.82) is 0 Å². The van der Waals surface area contributed by atoms with Crippen LogP contribution >= 0.6 is 0 Å². The van der Waals surface area contributed by atoms with Crippen molar-refractivity contribution in [2.24, 2.45) is 5.92 Å². The van der Waals surface area contributed by atoms with E-state index < -0.39 is 21.7 Å². The summed E-state index contributed by atoms with van der Waals surface area (Å²) < 4.78 is 51.4. The van der Waals surface area contributed by atoms with Crippen LogP contribution in [0, 0.1) is 17.6 Å². The Morgan fingerprint density at radius 1 is 1.29 bits per heavy atom. The van der Waals surface area contributed by atoms with E-state index in [-0.39, 0.29) is 11.7 Å². The average molecular weight is 317 g/mol. The molecule has 0 radical (unpaired) electrons. The highest BCUT2D eigenvalue weighted by Crippen LogP contribution is 2.24. The normalized spacial score (nSPS) is 20.6. The van der Waals surface area contributed by atoms with Gasteiger partial charge in [-0.2, -0.15) is 0 Å². The van der Waals surface area contributed by atoms with Gasteiger partial charge in [-0.05, 0) is 56.2 Å². The van der Waals surface area contributed by atoms with Gasteiger partial charge in [0.2, 0.25) is 10.0 Å². The monoisotopic (exact) mass is 317 g/mol. The lowest BCUT2D eigenvalue weighted by Crippen LogP contribution is -2.40. The molecule has 0 N–H and O–H groups in total. The number of rotatable bonds is 5. The van der Waals surface area contributed by atoms with Gasteiger partial charge < -0.3 is 0 Å². The maximum Gasteiger partial charge on any atom is 0.213 e. The highest BCUT2D eigenvalue weighted by molar-refractivity contribution is 7.89. The quantitative estimate of drug-likeness (QED) is 0.837. The minimum atomic E-state index is -3.13. The first-order valence-electron chi connectivity index (χ1n) is 7.34. The van der Waals surface area contributed by atoms with Crippen molar-refractivity contribution in [3.05, 3.63) is 35.4 Å². The van der Waals surface area contributed by atoms with Crippen molar-refractivity contribution < 1.29 is 17.2 Å². The maximum atomic E-state index is 13.1. The van der Waals surface area contributed by atoms with Gasteiger partial charge in [-0.1, -0.05) is 6.07 Å². The molecule has 1 aromatic rings. The van der Waals surface area contributed by atoms with E-state index in [4.69, 9.17) is 0 Å². The molecule has 0 saturated carbocycles. The van der Waals surface area contributed by atoms with Crippen molar-refractivity contribution >= 4 is 10.0 Å².